The standard InChI is InChI=1S/C20H25ClN4O3S/c1-25-12-14(19(26)23-10-11-29-18-4-2-3-9-22-18)5-6-15(13-25)24-20(27)16-7-8-17(21)28-16/h2-4,7-9,14-15H,5-6,10-13H2,1H3,(H,23,26)(H,24,27)/t14-,15+/m1/s1. The Hall–Kier alpha value is -2.03. The van der Waals surface area contributed by atoms with Crippen LogP contribution in [0.25, 0.3) is 0 Å². The molecule has 2 aromatic rings. The van der Waals surface area contributed by atoms with Gasteiger partial charge in [0.15, 0.2) is 11.0 Å². The molecule has 9 heteroatoms. The molecule has 1 aliphatic heterocycles. The molecule has 0 radical (unpaired) electrons. The summed E-state index contributed by atoms with van der Waals surface area (Å²) in [6.07, 6.45) is 3.21. The summed E-state index contributed by atoms with van der Waals surface area (Å²) < 4.78 is 5.16. The molecule has 3 heterocycles. The van der Waals surface area contributed by atoms with E-state index in [-0.39, 0.29) is 34.8 Å². The highest BCUT2D eigenvalue weighted by atomic mass is 35.5. The molecule has 0 bridgehead atoms. The molecular weight excluding hydrogens is 412 g/mol. The van der Waals surface area contributed by atoms with Crippen LogP contribution in [-0.2, 0) is 4.79 Å². The van der Waals surface area contributed by atoms with Gasteiger partial charge in [-0.3, -0.25) is 9.59 Å². The van der Waals surface area contributed by atoms with Crippen molar-refractivity contribution < 1.29 is 14.0 Å². The van der Waals surface area contributed by atoms with Gasteiger partial charge in [0.2, 0.25) is 5.91 Å². The number of carbonyl (C=O) groups is 2. The lowest BCUT2D eigenvalue weighted by Crippen LogP contribution is -2.42. The van der Waals surface area contributed by atoms with Crippen LogP contribution in [0.4, 0.5) is 0 Å². The van der Waals surface area contributed by atoms with E-state index in [1.54, 1.807) is 30.1 Å². The lowest BCUT2D eigenvalue weighted by molar-refractivity contribution is -0.125. The number of pyridine rings is 1. The van der Waals surface area contributed by atoms with E-state index < -0.39 is 0 Å². The van der Waals surface area contributed by atoms with Gasteiger partial charge in [-0.15, -0.1) is 11.8 Å². The number of nitrogens with zero attached hydrogens (tertiary/aromatic N) is 2. The number of thioether (sulfide) groups is 1. The second-order valence-corrected chi connectivity index (χ2v) is 8.56. The molecule has 0 saturated carbocycles. The number of likely N-dealkylation sites (N-methyl/N-ethyl adjacent to an activating group) is 1. The van der Waals surface area contributed by atoms with Crippen LogP contribution in [0.3, 0.4) is 0 Å². The number of halogens is 1. The Labute approximate surface area is 179 Å². The summed E-state index contributed by atoms with van der Waals surface area (Å²) in [6, 6.07) is 8.84. The Balaban J connectivity index is 1.43. The third-order valence-electron chi connectivity index (χ3n) is 4.72. The molecule has 2 aromatic heterocycles. The van der Waals surface area contributed by atoms with Crippen LogP contribution >= 0.6 is 23.4 Å². The van der Waals surface area contributed by atoms with Gasteiger partial charge in [0.1, 0.15) is 0 Å². The molecule has 2 amide bonds. The van der Waals surface area contributed by atoms with Gasteiger partial charge in [0.05, 0.1) is 10.9 Å². The van der Waals surface area contributed by atoms with Crippen LogP contribution in [0.2, 0.25) is 5.22 Å². The molecule has 0 unspecified atom stereocenters. The minimum Gasteiger partial charge on any atom is -0.440 e. The van der Waals surface area contributed by atoms with E-state index in [1.165, 1.54) is 0 Å². The lowest BCUT2D eigenvalue weighted by atomic mass is 10.0. The number of aromatic nitrogens is 1. The van der Waals surface area contributed by atoms with Crippen LogP contribution < -0.4 is 10.6 Å². The summed E-state index contributed by atoms with van der Waals surface area (Å²) in [5, 5.41) is 7.14. The molecule has 7 nitrogen and oxygen atoms in total. The first-order valence-electron chi connectivity index (χ1n) is 9.57. The molecule has 156 valence electrons. The zero-order chi connectivity index (χ0) is 20.6. The van der Waals surface area contributed by atoms with Crippen molar-refractivity contribution in [3.05, 3.63) is 47.5 Å². The minimum atomic E-state index is -0.287. The minimum absolute atomic E-state index is 0.0473. The van der Waals surface area contributed by atoms with Gasteiger partial charge in [0.25, 0.3) is 5.91 Å². The fourth-order valence-electron chi connectivity index (χ4n) is 3.34. The first-order chi connectivity index (χ1) is 14.0. The average molecular weight is 437 g/mol. The smallest absolute Gasteiger partial charge is 0.287 e. The third-order valence-corrected chi connectivity index (χ3v) is 5.87. The maximum atomic E-state index is 12.6. The number of likely N-dealkylation sites (tertiary alicyclic amines) is 1. The van der Waals surface area contributed by atoms with E-state index in [1.807, 2.05) is 25.2 Å². The monoisotopic (exact) mass is 436 g/mol. The van der Waals surface area contributed by atoms with Gasteiger partial charge in [0, 0.05) is 37.6 Å². The first-order valence-corrected chi connectivity index (χ1v) is 10.9. The van der Waals surface area contributed by atoms with Crippen molar-refractivity contribution in [1.29, 1.82) is 0 Å². The van der Waals surface area contributed by atoms with Gasteiger partial charge in [-0.25, -0.2) is 4.98 Å². The van der Waals surface area contributed by atoms with Crippen molar-refractivity contribution in [3.8, 4) is 0 Å². The SMILES string of the molecule is CN1C[C@@H](NC(=O)c2ccc(Cl)o2)CC[C@@H](C(=O)NCCSc2ccccn2)C1. The topological polar surface area (TPSA) is 87.5 Å². The maximum absolute atomic E-state index is 12.6. The first kappa shape index (κ1) is 21.7. The quantitative estimate of drug-likeness (QED) is 0.512. The highest BCUT2D eigenvalue weighted by Gasteiger charge is 2.28. The van der Waals surface area contributed by atoms with Crippen LogP contribution in [0, 0.1) is 5.92 Å². The van der Waals surface area contributed by atoms with Crippen LogP contribution in [0.15, 0.2) is 46.0 Å². The number of hydrogen-bond acceptors (Lipinski definition) is 6. The molecule has 2 N–H and O–H groups in total. The summed E-state index contributed by atoms with van der Waals surface area (Å²) >= 11 is 7.35. The Kier molecular flexibility index (Phi) is 7.97. The number of amides is 2. The Bertz CT molecular complexity index is 817. The van der Waals surface area contributed by atoms with E-state index in [0.717, 1.165) is 17.2 Å². The molecule has 1 fully saturated rings. The van der Waals surface area contributed by atoms with Gasteiger partial charge in [-0.1, -0.05) is 6.07 Å². The van der Waals surface area contributed by atoms with Gasteiger partial charge < -0.3 is 20.0 Å². The Morgan fingerprint density at radius 2 is 2.14 bits per heavy atom. The summed E-state index contributed by atoms with van der Waals surface area (Å²) in [6.45, 7) is 1.94. The normalized spacial score (nSPS) is 20.1. The molecule has 29 heavy (non-hydrogen) atoms. The number of rotatable bonds is 7. The van der Waals surface area contributed by atoms with Crippen molar-refractivity contribution in [2.75, 3.05) is 32.4 Å². The number of hydrogen-bond donors (Lipinski definition) is 2. The summed E-state index contributed by atoms with van der Waals surface area (Å²) in [5.41, 5.74) is 0. The van der Waals surface area contributed by atoms with E-state index in [9.17, 15) is 9.59 Å². The molecule has 1 aliphatic rings. The Morgan fingerprint density at radius 1 is 1.28 bits per heavy atom. The van der Waals surface area contributed by atoms with E-state index in [2.05, 4.69) is 20.5 Å². The van der Waals surface area contributed by atoms with Crippen molar-refractivity contribution in [2.24, 2.45) is 5.92 Å². The van der Waals surface area contributed by atoms with Crippen LogP contribution in [0.5, 0.6) is 0 Å². The van der Waals surface area contributed by atoms with Gasteiger partial charge in [-0.2, -0.15) is 0 Å². The molecule has 0 aliphatic carbocycles. The van der Waals surface area contributed by atoms with Crippen molar-refractivity contribution in [2.45, 2.75) is 23.9 Å². The molecule has 2 atom stereocenters. The molecule has 1 saturated heterocycles. The largest absolute Gasteiger partial charge is 0.440 e. The van der Waals surface area contributed by atoms with E-state index in [4.69, 9.17) is 16.0 Å². The predicted octanol–water partition coefficient (Wildman–Crippen LogP) is 2.68. The molecule has 0 spiro atoms. The fourth-order valence-corrected chi connectivity index (χ4v) is 4.21. The summed E-state index contributed by atoms with van der Waals surface area (Å²) in [7, 11) is 1.96. The fraction of sp³-hybridized carbons (Fsp3) is 0.450. The molecule has 0 aromatic carbocycles. The second kappa shape index (κ2) is 10.7. The lowest BCUT2D eigenvalue weighted by Gasteiger charge is -2.21. The average Bonchev–Trinajstić information content (AvgIpc) is 3.06. The van der Waals surface area contributed by atoms with Crippen molar-refractivity contribution in [3.63, 3.8) is 0 Å². The maximum Gasteiger partial charge on any atom is 0.287 e. The number of carbonyl (C=O) groups excluding carboxylic acids is 2. The van der Waals surface area contributed by atoms with Gasteiger partial charge >= 0.3 is 0 Å². The molecular formula is C20H25ClN4O3S. The van der Waals surface area contributed by atoms with Crippen molar-refractivity contribution >= 4 is 35.2 Å². The predicted molar refractivity (Wildman–Crippen MR) is 113 cm³/mol. The van der Waals surface area contributed by atoms with Crippen LogP contribution in [0.1, 0.15) is 23.4 Å². The second-order valence-electron chi connectivity index (χ2n) is 7.08. The number of nitrogens with one attached hydrogen (secondary N) is 2. The number of furan rings is 1. The third kappa shape index (κ3) is 6.76. The zero-order valence-corrected chi connectivity index (χ0v) is 17.8. The molecule has 3 rings (SSSR count). The van der Waals surface area contributed by atoms with Gasteiger partial charge in [-0.05, 0) is 55.8 Å². The highest BCUT2D eigenvalue weighted by Crippen LogP contribution is 2.18. The van der Waals surface area contributed by atoms with Crippen LogP contribution in [-0.4, -0.2) is 60.2 Å². The van der Waals surface area contributed by atoms with E-state index >= 15 is 0 Å². The summed E-state index contributed by atoms with van der Waals surface area (Å²) in [4.78, 5) is 31.2. The van der Waals surface area contributed by atoms with E-state index in [0.29, 0.717) is 26.1 Å². The highest BCUT2D eigenvalue weighted by molar-refractivity contribution is 7.99. The zero-order valence-electron chi connectivity index (χ0n) is 16.3. The Morgan fingerprint density at radius 3 is 2.86 bits per heavy atom. The summed E-state index contributed by atoms with van der Waals surface area (Å²) in [5.74, 6) is 0.643. The van der Waals surface area contributed by atoms with Crippen molar-refractivity contribution in [1.82, 2.24) is 20.5 Å².